The van der Waals surface area contributed by atoms with Gasteiger partial charge >= 0.3 is 0 Å². The fourth-order valence-corrected chi connectivity index (χ4v) is 3.30. The number of halogens is 2. The predicted octanol–water partition coefficient (Wildman–Crippen LogP) is 3.00. The molecule has 2 N–H and O–H groups in total. The van der Waals surface area contributed by atoms with Crippen LogP contribution in [-0.4, -0.2) is 68.7 Å². The molecule has 0 aromatic heterocycles. The summed E-state index contributed by atoms with van der Waals surface area (Å²) < 4.78 is 14.6. The Balaban J connectivity index is 0.00000364. The van der Waals surface area contributed by atoms with Gasteiger partial charge < -0.3 is 20.4 Å². The van der Waals surface area contributed by atoms with E-state index in [-0.39, 0.29) is 29.8 Å². The molecule has 154 valence electrons. The van der Waals surface area contributed by atoms with E-state index in [1.807, 2.05) is 19.1 Å². The SMILES string of the molecule is CCNC(=NCc1ccc(N2CCN(CC)CC2)c(F)c1)NCCSC.I. The zero-order valence-corrected chi connectivity index (χ0v) is 19.8. The van der Waals surface area contributed by atoms with Crippen molar-refractivity contribution in [1.82, 2.24) is 15.5 Å². The highest BCUT2D eigenvalue weighted by atomic mass is 127. The van der Waals surface area contributed by atoms with E-state index in [9.17, 15) is 4.39 Å². The van der Waals surface area contributed by atoms with E-state index in [0.29, 0.717) is 12.2 Å². The molecular weight excluding hydrogens is 476 g/mol. The van der Waals surface area contributed by atoms with E-state index < -0.39 is 0 Å². The number of nitrogens with one attached hydrogen (secondary N) is 2. The third-order valence-corrected chi connectivity index (χ3v) is 5.15. The number of benzene rings is 1. The molecule has 0 radical (unpaired) electrons. The number of rotatable bonds is 8. The number of hydrogen-bond donors (Lipinski definition) is 2. The maximum atomic E-state index is 14.6. The molecule has 1 aliphatic heterocycles. The number of guanidine groups is 1. The Morgan fingerprint density at radius 2 is 1.93 bits per heavy atom. The van der Waals surface area contributed by atoms with E-state index >= 15 is 0 Å². The first-order valence-electron chi connectivity index (χ1n) is 9.44. The van der Waals surface area contributed by atoms with E-state index in [1.54, 1.807) is 17.8 Å². The van der Waals surface area contributed by atoms with Gasteiger partial charge in [-0.15, -0.1) is 24.0 Å². The summed E-state index contributed by atoms with van der Waals surface area (Å²) >= 11 is 1.79. The lowest BCUT2D eigenvalue weighted by Gasteiger charge is -2.35. The zero-order chi connectivity index (χ0) is 18.8. The first kappa shape index (κ1) is 24.3. The lowest BCUT2D eigenvalue weighted by Crippen LogP contribution is -2.46. The smallest absolute Gasteiger partial charge is 0.191 e. The molecule has 1 saturated heterocycles. The van der Waals surface area contributed by atoms with Crippen molar-refractivity contribution in [3.8, 4) is 0 Å². The lowest BCUT2D eigenvalue weighted by atomic mass is 10.1. The molecule has 1 aromatic rings. The summed E-state index contributed by atoms with van der Waals surface area (Å²) in [7, 11) is 0. The monoisotopic (exact) mass is 509 g/mol. The normalized spacial score (nSPS) is 15.4. The number of anilines is 1. The molecule has 2 rings (SSSR count). The van der Waals surface area contributed by atoms with Gasteiger partial charge in [-0.05, 0) is 37.4 Å². The van der Waals surface area contributed by atoms with Crippen molar-refractivity contribution in [2.24, 2.45) is 4.99 Å². The highest BCUT2D eigenvalue weighted by molar-refractivity contribution is 14.0. The van der Waals surface area contributed by atoms with Crippen molar-refractivity contribution < 1.29 is 4.39 Å². The first-order valence-corrected chi connectivity index (χ1v) is 10.8. The van der Waals surface area contributed by atoms with E-state index in [4.69, 9.17) is 0 Å². The average Bonchev–Trinajstić information content (AvgIpc) is 2.66. The highest BCUT2D eigenvalue weighted by Gasteiger charge is 2.18. The summed E-state index contributed by atoms with van der Waals surface area (Å²) in [5, 5.41) is 6.51. The maximum absolute atomic E-state index is 14.6. The van der Waals surface area contributed by atoms with Gasteiger partial charge in [0, 0.05) is 45.0 Å². The van der Waals surface area contributed by atoms with Gasteiger partial charge in [0.05, 0.1) is 12.2 Å². The molecule has 0 unspecified atom stereocenters. The van der Waals surface area contributed by atoms with E-state index in [1.165, 1.54) is 0 Å². The fourth-order valence-electron chi connectivity index (χ4n) is 2.99. The summed E-state index contributed by atoms with van der Waals surface area (Å²) in [4.78, 5) is 9.09. The van der Waals surface area contributed by atoms with Crippen LogP contribution in [0.5, 0.6) is 0 Å². The van der Waals surface area contributed by atoms with Crippen LogP contribution in [0.25, 0.3) is 0 Å². The van der Waals surface area contributed by atoms with E-state index in [0.717, 1.165) is 63.1 Å². The Hall–Kier alpha value is -0.740. The van der Waals surface area contributed by atoms with Crippen LogP contribution in [0.3, 0.4) is 0 Å². The second-order valence-corrected chi connectivity index (χ2v) is 7.31. The van der Waals surface area contributed by atoms with E-state index in [2.05, 4.69) is 38.6 Å². The van der Waals surface area contributed by atoms with Crippen LogP contribution in [-0.2, 0) is 6.54 Å². The predicted molar refractivity (Wildman–Crippen MR) is 127 cm³/mol. The molecule has 0 amide bonds. The van der Waals surface area contributed by atoms with Gasteiger partial charge in [0.1, 0.15) is 5.82 Å². The summed E-state index contributed by atoms with van der Waals surface area (Å²) in [6, 6.07) is 5.51. The summed E-state index contributed by atoms with van der Waals surface area (Å²) in [6.07, 6.45) is 2.08. The van der Waals surface area contributed by atoms with Crippen molar-refractivity contribution in [3.63, 3.8) is 0 Å². The molecular formula is C19H33FIN5S. The first-order chi connectivity index (χ1) is 12.7. The molecule has 8 heteroatoms. The molecule has 1 aromatic carbocycles. The Morgan fingerprint density at radius 1 is 1.19 bits per heavy atom. The molecule has 0 saturated carbocycles. The summed E-state index contributed by atoms with van der Waals surface area (Å²) in [6.45, 7) is 11.2. The van der Waals surface area contributed by atoms with Crippen molar-refractivity contribution in [2.45, 2.75) is 20.4 Å². The molecule has 0 atom stereocenters. The van der Waals surface area contributed by atoms with Crippen molar-refractivity contribution in [1.29, 1.82) is 0 Å². The third kappa shape index (κ3) is 8.03. The Bertz CT molecular complexity index is 579. The molecule has 0 bridgehead atoms. The Morgan fingerprint density at radius 3 is 2.52 bits per heavy atom. The maximum Gasteiger partial charge on any atom is 0.191 e. The van der Waals surface area contributed by atoms with Crippen molar-refractivity contribution >= 4 is 47.4 Å². The van der Waals surface area contributed by atoms with Crippen molar-refractivity contribution in [2.75, 3.05) is 62.7 Å². The molecule has 27 heavy (non-hydrogen) atoms. The van der Waals surface area contributed by atoms with Gasteiger partial charge in [0.2, 0.25) is 0 Å². The number of thioether (sulfide) groups is 1. The molecule has 1 aliphatic rings. The fraction of sp³-hybridized carbons (Fsp3) is 0.632. The summed E-state index contributed by atoms with van der Waals surface area (Å²) in [5.41, 5.74) is 1.60. The number of hydrogen-bond acceptors (Lipinski definition) is 4. The van der Waals surface area contributed by atoms with Gasteiger partial charge in [-0.25, -0.2) is 9.38 Å². The third-order valence-electron chi connectivity index (χ3n) is 4.53. The number of nitrogens with zero attached hydrogens (tertiary/aromatic N) is 3. The lowest BCUT2D eigenvalue weighted by molar-refractivity contribution is 0.270. The van der Waals surface area contributed by atoms with Crippen LogP contribution in [0.2, 0.25) is 0 Å². The Labute approximate surface area is 184 Å². The van der Waals surface area contributed by atoms with Gasteiger partial charge in [-0.3, -0.25) is 0 Å². The minimum atomic E-state index is -0.150. The minimum absolute atomic E-state index is 0. The topological polar surface area (TPSA) is 42.9 Å². The second-order valence-electron chi connectivity index (χ2n) is 6.32. The average molecular weight is 509 g/mol. The summed E-state index contributed by atoms with van der Waals surface area (Å²) in [5.74, 6) is 1.66. The van der Waals surface area contributed by atoms with Gasteiger partial charge in [-0.2, -0.15) is 11.8 Å². The largest absolute Gasteiger partial charge is 0.367 e. The number of piperazine rings is 1. The minimum Gasteiger partial charge on any atom is -0.367 e. The van der Waals surface area contributed by atoms with Crippen LogP contribution < -0.4 is 15.5 Å². The van der Waals surface area contributed by atoms with Crippen LogP contribution >= 0.6 is 35.7 Å². The molecule has 0 aliphatic carbocycles. The Kier molecular flexibility index (Phi) is 12.1. The molecule has 5 nitrogen and oxygen atoms in total. The van der Waals surface area contributed by atoms with Crippen molar-refractivity contribution in [3.05, 3.63) is 29.6 Å². The van der Waals surface area contributed by atoms with Crippen LogP contribution in [0, 0.1) is 5.82 Å². The molecule has 1 heterocycles. The van der Waals surface area contributed by atoms with Gasteiger partial charge in [0.15, 0.2) is 5.96 Å². The standard InChI is InChI=1S/C19H32FN5S.HI/c1-4-21-19(22-8-13-26-3)23-15-16-6-7-18(17(20)14-16)25-11-9-24(5-2)10-12-25;/h6-7,14H,4-5,8-13,15H2,1-3H3,(H2,21,22,23);1H. The number of aliphatic imine (C=N–C) groups is 1. The zero-order valence-electron chi connectivity index (χ0n) is 16.6. The highest BCUT2D eigenvalue weighted by Crippen LogP contribution is 2.22. The van der Waals surface area contributed by atoms with Crippen LogP contribution in [0.1, 0.15) is 19.4 Å². The second kappa shape index (κ2) is 13.4. The van der Waals surface area contributed by atoms with Crippen LogP contribution in [0.15, 0.2) is 23.2 Å². The molecule has 1 fully saturated rings. The number of likely N-dealkylation sites (N-methyl/N-ethyl adjacent to an activating group) is 1. The quantitative estimate of drug-likeness (QED) is 0.244. The van der Waals surface area contributed by atoms with Gasteiger partial charge in [0.25, 0.3) is 0 Å². The van der Waals surface area contributed by atoms with Crippen LogP contribution in [0.4, 0.5) is 10.1 Å². The molecule has 0 spiro atoms. The van der Waals surface area contributed by atoms with Gasteiger partial charge in [-0.1, -0.05) is 13.0 Å².